The molecule has 2 amide bonds. The highest BCUT2D eigenvalue weighted by Crippen LogP contribution is 2.22. The van der Waals surface area contributed by atoms with Gasteiger partial charge in [0.2, 0.25) is 11.8 Å². The second-order valence-electron chi connectivity index (χ2n) is 5.40. The number of hydrogen-bond donors (Lipinski definition) is 0. The number of carbonyl (C=O) groups excluding carboxylic acids is 2. The molecule has 4 nitrogen and oxygen atoms in total. The molecule has 0 unspecified atom stereocenters. The lowest BCUT2D eigenvalue weighted by Gasteiger charge is -2.34. The maximum absolute atomic E-state index is 12.3. The summed E-state index contributed by atoms with van der Waals surface area (Å²) in [6.45, 7) is 2.44. The van der Waals surface area contributed by atoms with Gasteiger partial charge in [-0.3, -0.25) is 9.59 Å². The van der Waals surface area contributed by atoms with Crippen LogP contribution in [0.4, 0.5) is 0 Å². The van der Waals surface area contributed by atoms with E-state index in [-0.39, 0.29) is 11.8 Å². The number of amides is 2. The lowest BCUT2D eigenvalue weighted by atomic mass is 10.2. The van der Waals surface area contributed by atoms with Crippen LogP contribution in [-0.2, 0) is 22.4 Å². The van der Waals surface area contributed by atoms with E-state index in [4.69, 9.17) is 11.6 Å². The number of nitrogens with zero attached hydrogens (tertiary/aromatic N) is 2. The third-order valence-electron chi connectivity index (χ3n) is 3.84. The molecule has 7 heteroatoms. The Balaban J connectivity index is 1.47. The SMILES string of the molecule is O=C(Cc1cccs1)N1CCN(C(=O)Cc2ccc(Cl)s2)CC1. The van der Waals surface area contributed by atoms with E-state index < -0.39 is 0 Å². The zero-order valence-electron chi connectivity index (χ0n) is 12.5. The Morgan fingerprint density at radius 3 is 2.04 bits per heavy atom. The normalized spacial score (nSPS) is 15.0. The highest BCUT2D eigenvalue weighted by molar-refractivity contribution is 7.16. The number of thiophene rings is 2. The second kappa shape index (κ2) is 7.47. The largest absolute Gasteiger partial charge is 0.339 e. The minimum absolute atomic E-state index is 0.105. The molecule has 1 fully saturated rings. The van der Waals surface area contributed by atoms with Crippen molar-refractivity contribution in [3.63, 3.8) is 0 Å². The first kappa shape index (κ1) is 16.5. The first-order chi connectivity index (χ1) is 11.1. The van der Waals surface area contributed by atoms with Gasteiger partial charge < -0.3 is 9.80 Å². The molecule has 3 heterocycles. The molecule has 23 heavy (non-hydrogen) atoms. The lowest BCUT2D eigenvalue weighted by Crippen LogP contribution is -2.51. The Morgan fingerprint density at radius 2 is 1.57 bits per heavy atom. The van der Waals surface area contributed by atoms with E-state index in [0.717, 1.165) is 9.75 Å². The van der Waals surface area contributed by atoms with Crippen molar-refractivity contribution in [1.29, 1.82) is 0 Å². The summed E-state index contributed by atoms with van der Waals surface area (Å²) in [5.41, 5.74) is 0. The van der Waals surface area contributed by atoms with Crippen LogP contribution < -0.4 is 0 Å². The van der Waals surface area contributed by atoms with Crippen LogP contribution in [0.5, 0.6) is 0 Å². The average molecular weight is 369 g/mol. The number of rotatable bonds is 4. The summed E-state index contributed by atoms with van der Waals surface area (Å²) in [6.07, 6.45) is 0.847. The zero-order valence-corrected chi connectivity index (χ0v) is 14.9. The van der Waals surface area contributed by atoms with Gasteiger partial charge in [-0.1, -0.05) is 17.7 Å². The van der Waals surface area contributed by atoms with Gasteiger partial charge in [-0.15, -0.1) is 22.7 Å². The molecule has 0 spiro atoms. The summed E-state index contributed by atoms with van der Waals surface area (Å²) >= 11 is 8.94. The number of hydrogen-bond acceptors (Lipinski definition) is 4. The summed E-state index contributed by atoms with van der Waals surface area (Å²) < 4.78 is 0.705. The smallest absolute Gasteiger partial charge is 0.227 e. The molecule has 0 saturated carbocycles. The van der Waals surface area contributed by atoms with Crippen molar-refractivity contribution in [3.8, 4) is 0 Å². The molecule has 0 bridgehead atoms. The van der Waals surface area contributed by atoms with E-state index in [2.05, 4.69) is 0 Å². The molecule has 0 radical (unpaired) electrons. The molecule has 3 rings (SSSR count). The molecule has 1 saturated heterocycles. The quantitative estimate of drug-likeness (QED) is 0.832. The van der Waals surface area contributed by atoms with Gasteiger partial charge >= 0.3 is 0 Å². The fourth-order valence-corrected chi connectivity index (χ4v) is 4.36. The predicted molar refractivity (Wildman–Crippen MR) is 94.2 cm³/mol. The Hall–Kier alpha value is -1.37. The number of carbonyl (C=O) groups is 2. The van der Waals surface area contributed by atoms with Gasteiger partial charge in [-0.25, -0.2) is 0 Å². The molecule has 2 aromatic heterocycles. The van der Waals surface area contributed by atoms with Crippen molar-refractivity contribution in [2.45, 2.75) is 12.8 Å². The van der Waals surface area contributed by atoms with Crippen LogP contribution in [0.1, 0.15) is 9.75 Å². The third kappa shape index (κ3) is 4.34. The van der Waals surface area contributed by atoms with E-state index in [1.54, 1.807) is 11.3 Å². The molecule has 1 aliphatic rings. The van der Waals surface area contributed by atoms with Crippen molar-refractivity contribution in [2.75, 3.05) is 26.2 Å². The van der Waals surface area contributed by atoms with Gasteiger partial charge in [0.1, 0.15) is 0 Å². The maximum Gasteiger partial charge on any atom is 0.227 e. The molecule has 0 aromatic carbocycles. The molecule has 122 valence electrons. The van der Waals surface area contributed by atoms with Gasteiger partial charge in [-0.2, -0.15) is 0 Å². The standard InChI is InChI=1S/C16H17ClN2O2S2/c17-14-4-3-13(23-14)11-16(21)19-7-5-18(6-8-19)15(20)10-12-2-1-9-22-12/h1-4,9H,5-8,10-11H2. The van der Waals surface area contributed by atoms with E-state index in [1.807, 2.05) is 39.4 Å². The summed E-state index contributed by atoms with van der Waals surface area (Å²) in [6, 6.07) is 7.65. The number of piperazine rings is 1. The predicted octanol–water partition coefficient (Wildman–Crippen LogP) is 2.92. The lowest BCUT2D eigenvalue weighted by molar-refractivity contribution is -0.138. The van der Waals surface area contributed by atoms with Gasteiger partial charge in [0.15, 0.2) is 0 Å². The van der Waals surface area contributed by atoms with Crippen LogP contribution in [0.15, 0.2) is 29.6 Å². The van der Waals surface area contributed by atoms with Crippen LogP contribution in [0.25, 0.3) is 0 Å². The van der Waals surface area contributed by atoms with Crippen molar-refractivity contribution in [2.24, 2.45) is 0 Å². The molecule has 0 atom stereocenters. The Morgan fingerprint density at radius 1 is 0.957 bits per heavy atom. The average Bonchev–Trinajstić information content (AvgIpc) is 3.19. The molecule has 2 aromatic rings. The fraction of sp³-hybridized carbons (Fsp3) is 0.375. The summed E-state index contributed by atoms with van der Waals surface area (Å²) in [5.74, 6) is 0.249. The first-order valence-corrected chi connectivity index (χ1v) is 9.51. The first-order valence-electron chi connectivity index (χ1n) is 7.44. The Kier molecular flexibility index (Phi) is 5.35. The topological polar surface area (TPSA) is 40.6 Å². The van der Waals surface area contributed by atoms with Crippen molar-refractivity contribution < 1.29 is 9.59 Å². The van der Waals surface area contributed by atoms with Gasteiger partial charge in [0.05, 0.1) is 17.2 Å². The van der Waals surface area contributed by atoms with Gasteiger partial charge in [0, 0.05) is 35.9 Å². The van der Waals surface area contributed by atoms with Gasteiger partial charge in [0.25, 0.3) is 0 Å². The highest BCUT2D eigenvalue weighted by Gasteiger charge is 2.24. The minimum atomic E-state index is 0.105. The van der Waals surface area contributed by atoms with Crippen molar-refractivity contribution in [1.82, 2.24) is 9.80 Å². The van der Waals surface area contributed by atoms with Crippen LogP contribution in [0, 0.1) is 0 Å². The van der Waals surface area contributed by atoms with Crippen molar-refractivity contribution >= 4 is 46.1 Å². The van der Waals surface area contributed by atoms with E-state index in [9.17, 15) is 9.59 Å². The maximum atomic E-state index is 12.3. The second-order valence-corrected chi connectivity index (χ2v) is 8.23. The molecular formula is C16H17ClN2O2S2. The van der Waals surface area contributed by atoms with Crippen LogP contribution in [0.3, 0.4) is 0 Å². The fourth-order valence-electron chi connectivity index (χ4n) is 2.59. The summed E-state index contributed by atoms with van der Waals surface area (Å²) in [4.78, 5) is 30.3. The summed E-state index contributed by atoms with van der Waals surface area (Å²) in [5, 5.41) is 1.98. The molecular weight excluding hydrogens is 352 g/mol. The van der Waals surface area contributed by atoms with Crippen molar-refractivity contribution in [3.05, 3.63) is 43.7 Å². The van der Waals surface area contributed by atoms with Gasteiger partial charge in [-0.05, 0) is 23.6 Å². The van der Waals surface area contributed by atoms with E-state index in [0.29, 0.717) is 43.4 Å². The third-order valence-corrected chi connectivity index (χ3v) is 5.95. The zero-order chi connectivity index (χ0) is 16.2. The van der Waals surface area contributed by atoms with Crippen LogP contribution >= 0.6 is 34.3 Å². The molecule has 0 aliphatic carbocycles. The minimum Gasteiger partial charge on any atom is -0.339 e. The molecule has 1 aliphatic heterocycles. The van der Waals surface area contributed by atoms with E-state index in [1.165, 1.54) is 11.3 Å². The molecule has 0 N–H and O–H groups in total. The van der Waals surface area contributed by atoms with Crippen LogP contribution in [-0.4, -0.2) is 47.8 Å². The Bertz CT molecular complexity index is 676. The Labute approximate surface area is 148 Å². The highest BCUT2D eigenvalue weighted by atomic mass is 35.5. The van der Waals surface area contributed by atoms with Crippen LogP contribution in [0.2, 0.25) is 4.34 Å². The number of halogens is 1. The summed E-state index contributed by atoms with van der Waals surface area (Å²) in [7, 11) is 0. The van der Waals surface area contributed by atoms with E-state index >= 15 is 0 Å². The monoisotopic (exact) mass is 368 g/mol.